The molecule has 0 bridgehead atoms. The van der Waals surface area contributed by atoms with Crippen LogP contribution < -0.4 is 23.8 Å². The van der Waals surface area contributed by atoms with E-state index in [-0.39, 0.29) is 12.7 Å². The minimum Gasteiger partial charge on any atom is -0.497 e. The van der Waals surface area contributed by atoms with Crippen molar-refractivity contribution in [3.05, 3.63) is 77.6 Å². The third-order valence-electron chi connectivity index (χ3n) is 6.02. The van der Waals surface area contributed by atoms with E-state index in [1.807, 2.05) is 53.9 Å². The molecule has 8 heteroatoms. The van der Waals surface area contributed by atoms with Gasteiger partial charge in [-0.05, 0) is 54.4 Å². The molecule has 2 aromatic carbocycles. The number of hydrogen-bond acceptors (Lipinski definition) is 6. The number of carbonyl (C=O) groups is 1. The van der Waals surface area contributed by atoms with Gasteiger partial charge in [0.15, 0.2) is 22.9 Å². The number of pyridine rings is 1. The van der Waals surface area contributed by atoms with E-state index in [0.29, 0.717) is 47.3 Å². The average Bonchev–Trinajstić information content (AvgIpc) is 3.52. The van der Waals surface area contributed by atoms with E-state index in [2.05, 4.69) is 0 Å². The molecule has 0 aliphatic carbocycles. The number of amides is 1. The Bertz CT molecular complexity index is 1380. The van der Waals surface area contributed by atoms with Gasteiger partial charge in [-0.2, -0.15) is 0 Å². The summed E-state index contributed by atoms with van der Waals surface area (Å²) in [6.07, 6.45) is 3.29. The molecule has 8 nitrogen and oxygen atoms in total. The predicted octanol–water partition coefficient (Wildman–Crippen LogP) is 4.53. The lowest BCUT2D eigenvalue weighted by Gasteiger charge is -2.19. The van der Waals surface area contributed by atoms with Gasteiger partial charge in [-0.1, -0.05) is 19.1 Å². The van der Waals surface area contributed by atoms with Crippen LogP contribution in [0.2, 0.25) is 0 Å². The van der Waals surface area contributed by atoms with E-state index in [9.17, 15) is 4.79 Å². The lowest BCUT2D eigenvalue weighted by atomic mass is 10.1. The summed E-state index contributed by atoms with van der Waals surface area (Å²) in [5, 5.41) is 0. The van der Waals surface area contributed by atoms with Crippen LogP contribution in [0.1, 0.15) is 28.5 Å². The van der Waals surface area contributed by atoms with Gasteiger partial charge in [0.2, 0.25) is 6.79 Å². The number of aromatic nitrogens is 2. The van der Waals surface area contributed by atoms with E-state index in [1.54, 1.807) is 37.3 Å². The van der Waals surface area contributed by atoms with Crippen molar-refractivity contribution in [2.45, 2.75) is 19.8 Å². The molecule has 1 aliphatic rings. The average molecular weight is 474 g/mol. The Balaban J connectivity index is 1.40. The predicted molar refractivity (Wildman–Crippen MR) is 132 cm³/mol. The number of aryl methyl sites for hydroxylation is 1. The molecule has 2 aromatic heterocycles. The van der Waals surface area contributed by atoms with Crippen LogP contribution in [0.15, 0.2) is 60.8 Å². The number of fused-ring (bicyclic) bond motifs is 2. The summed E-state index contributed by atoms with van der Waals surface area (Å²) in [7, 11) is 3.41. The molecule has 0 unspecified atom stereocenters. The molecular weight excluding hydrogens is 446 g/mol. The summed E-state index contributed by atoms with van der Waals surface area (Å²) in [6, 6.07) is 17.0. The number of imidazole rings is 1. The van der Waals surface area contributed by atoms with Gasteiger partial charge >= 0.3 is 0 Å². The quantitative estimate of drug-likeness (QED) is 0.374. The van der Waals surface area contributed by atoms with Gasteiger partial charge < -0.3 is 18.9 Å². The summed E-state index contributed by atoms with van der Waals surface area (Å²) >= 11 is 0. The van der Waals surface area contributed by atoms with Gasteiger partial charge in [-0.3, -0.25) is 14.1 Å². The number of anilines is 1. The van der Waals surface area contributed by atoms with Gasteiger partial charge in [0.25, 0.3) is 5.91 Å². The zero-order chi connectivity index (χ0) is 24.4. The van der Waals surface area contributed by atoms with Crippen molar-refractivity contribution >= 4 is 17.4 Å². The molecule has 4 aromatic rings. The number of nitrogens with zero attached hydrogens (tertiary/aromatic N) is 3. The summed E-state index contributed by atoms with van der Waals surface area (Å²) in [4.78, 5) is 19.8. The first-order valence-corrected chi connectivity index (χ1v) is 11.5. The van der Waals surface area contributed by atoms with E-state index in [4.69, 9.17) is 23.9 Å². The highest BCUT2D eigenvalue weighted by molar-refractivity contribution is 6.06. The van der Waals surface area contributed by atoms with Crippen LogP contribution in [0, 0.1) is 0 Å². The standard InChI is InChI=1S/C27H27N3O5/c1-4-21-26(29(2)27(31)19-10-11-22-24(16-19)35-17-34-22)30-13-6-9-23(25(30)28-21)33-14-12-18-7-5-8-20(15-18)32-3/h5-11,13,15-16H,4,12,14,17H2,1-3H3. The van der Waals surface area contributed by atoms with E-state index < -0.39 is 0 Å². The van der Waals surface area contributed by atoms with Crippen molar-refractivity contribution in [1.82, 2.24) is 9.38 Å². The zero-order valence-electron chi connectivity index (χ0n) is 20.0. The normalized spacial score (nSPS) is 12.1. The monoisotopic (exact) mass is 473 g/mol. The Morgan fingerprint density at radius 2 is 1.97 bits per heavy atom. The maximum atomic E-state index is 13.4. The number of rotatable bonds is 8. The maximum absolute atomic E-state index is 13.4. The van der Waals surface area contributed by atoms with Gasteiger partial charge in [0.05, 0.1) is 19.4 Å². The van der Waals surface area contributed by atoms with Crippen molar-refractivity contribution in [1.29, 1.82) is 0 Å². The summed E-state index contributed by atoms with van der Waals surface area (Å²) < 4.78 is 24.1. The maximum Gasteiger partial charge on any atom is 0.259 e. The first-order valence-electron chi connectivity index (χ1n) is 11.5. The molecule has 180 valence electrons. The highest BCUT2D eigenvalue weighted by Crippen LogP contribution is 2.34. The van der Waals surface area contributed by atoms with Gasteiger partial charge in [0.1, 0.15) is 11.6 Å². The Morgan fingerprint density at radius 3 is 2.80 bits per heavy atom. The van der Waals surface area contributed by atoms with Crippen molar-refractivity contribution in [3.8, 4) is 23.0 Å². The van der Waals surface area contributed by atoms with Crippen LogP contribution in [0.4, 0.5) is 5.82 Å². The van der Waals surface area contributed by atoms with Crippen LogP contribution in [0.5, 0.6) is 23.0 Å². The van der Waals surface area contributed by atoms with Gasteiger partial charge in [-0.15, -0.1) is 0 Å². The van der Waals surface area contributed by atoms with Crippen molar-refractivity contribution in [3.63, 3.8) is 0 Å². The molecular formula is C27H27N3O5. The Kier molecular flexibility index (Phi) is 6.18. The lowest BCUT2D eigenvalue weighted by molar-refractivity contribution is 0.0991. The van der Waals surface area contributed by atoms with E-state index in [1.165, 1.54) is 0 Å². The molecule has 0 radical (unpaired) electrons. The highest BCUT2D eigenvalue weighted by Gasteiger charge is 2.24. The Morgan fingerprint density at radius 1 is 1.11 bits per heavy atom. The zero-order valence-corrected chi connectivity index (χ0v) is 20.0. The molecule has 0 N–H and O–H groups in total. The minimum absolute atomic E-state index is 0.163. The molecule has 0 spiro atoms. The third-order valence-corrected chi connectivity index (χ3v) is 6.02. The molecule has 3 heterocycles. The lowest BCUT2D eigenvalue weighted by Crippen LogP contribution is -2.28. The summed E-state index contributed by atoms with van der Waals surface area (Å²) in [5.41, 5.74) is 3.13. The van der Waals surface area contributed by atoms with Crippen molar-refractivity contribution in [2.24, 2.45) is 0 Å². The van der Waals surface area contributed by atoms with Gasteiger partial charge in [0, 0.05) is 25.2 Å². The largest absolute Gasteiger partial charge is 0.497 e. The SMILES string of the molecule is CCc1nc2c(OCCc3cccc(OC)c3)cccn2c1N(C)C(=O)c1ccc2c(c1)OCO2. The molecule has 0 saturated heterocycles. The fourth-order valence-electron chi connectivity index (χ4n) is 4.21. The Labute approximate surface area is 203 Å². The molecule has 0 fully saturated rings. The fourth-order valence-corrected chi connectivity index (χ4v) is 4.21. The van der Waals surface area contributed by atoms with Crippen LogP contribution in [-0.4, -0.2) is 42.8 Å². The van der Waals surface area contributed by atoms with E-state index >= 15 is 0 Å². The minimum atomic E-state index is -0.163. The number of methoxy groups -OCH3 is 1. The molecule has 35 heavy (non-hydrogen) atoms. The van der Waals surface area contributed by atoms with Crippen LogP contribution in [0.3, 0.4) is 0 Å². The molecule has 5 rings (SSSR count). The smallest absolute Gasteiger partial charge is 0.259 e. The second-order valence-corrected chi connectivity index (χ2v) is 8.18. The molecule has 1 amide bonds. The summed E-state index contributed by atoms with van der Waals surface area (Å²) in [6.45, 7) is 2.67. The van der Waals surface area contributed by atoms with Crippen LogP contribution in [0.25, 0.3) is 5.65 Å². The fraction of sp³-hybridized carbons (Fsp3) is 0.259. The molecule has 0 atom stereocenters. The topological polar surface area (TPSA) is 74.5 Å². The molecule has 0 saturated carbocycles. The summed E-state index contributed by atoms with van der Waals surface area (Å²) in [5.74, 6) is 3.26. The first-order chi connectivity index (χ1) is 17.1. The third kappa shape index (κ3) is 4.35. The van der Waals surface area contributed by atoms with Crippen molar-refractivity contribution in [2.75, 3.05) is 32.5 Å². The number of ether oxygens (including phenoxy) is 4. The highest BCUT2D eigenvalue weighted by atomic mass is 16.7. The van der Waals surface area contributed by atoms with Crippen LogP contribution >= 0.6 is 0 Å². The van der Waals surface area contributed by atoms with Crippen molar-refractivity contribution < 1.29 is 23.7 Å². The Hall–Kier alpha value is -4.20. The molecule has 1 aliphatic heterocycles. The number of carbonyl (C=O) groups excluding carboxylic acids is 1. The first kappa shape index (κ1) is 22.6. The second-order valence-electron chi connectivity index (χ2n) is 8.18. The second kappa shape index (κ2) is 9.58. The van der Waals surface area contributed by atoms with Gasteiger partial charge in [-0.25, -0.2) is 4.98 Å². The van der Waals surface area contributed by atoms with Crippen LogP contribution in [-0.2, 0) is 12.8 Å². The number of hydrogen-bond donors (Lipinski definition) is 0. The number of benzene rings is 2. The van der Waals surface area contributed by atoms with E-state index in [0.717, 1.165) is 23.4 Å².